The molecule has 2 heterocycles. The number of aliphatic hydroxyl groups is 1. The molecule has 14 heteroatoms. The molecule has 0 aliphatic heterocycles. The lowest BCUT2D eigenvalue weighted by molar-refractivity contribution is -0.128. The van der Waals surface area contributed by atoms with Crippen LogP contribution in [0.4, 0.5) is 5.95 Å². The Bertz CT molecular complexity index is 2030. The molecule has 0 saturated heterocycles. The van der Waals surface area contributed by atoms with Crippen LogP contribution >= 0.6 is 0 Å². The molecule has 1 amide bonds. The number of Topliss-reactive ketones (excluding diaryl/α,β-unsaturated/α-hetero) is 1. The molecule has 1 aliphatic rings. The number of fused-ring (bicyclic) bond motifs is 1. The third-order valence-corrected chi connectivity index (χ3v) is 9.47. The molecule has 3 N–H and O–H groups in total. The van der Waals surface area contributed by atoms with E-state index in [1.54, 1.807) is 28.1 Å². The summed E-state index contributed by atoms with van der Waals surface area (Å²) in [7, 11) is 4.69. The van der Waals surface area contributed by atoms with Crippen LogP contribution < -0.4 is 20.3 Å². The molecular formula is C39H43N5O9. The molecule has 53 heavy (non-hydrogen) atoms. The molecule has 5 aromatic rings. The van der Waals surface area contributed by atoms with Crippen molar-refractivity contribution in [3.63, 3.8) is 0 Å². The maximum Gasteiger partial charge on any atom is 0.280 e. The van der Waals surface area contributed by atoms with Crippen LogP contribution in [0.2, 0.25) is 0 Å². The van der Waals surface area contributed by atoms with E-state index in [4.69, 9.17) is 23.7 Å². The summed E-state index contributed by atoms with van der Waals surface area (Å²) in [4.78, 5) is 51.3. The number of benzene rings is 3. The van der Waals surface area contributed by atoms with Gasteiger partial charge in [-0.25, -0.2) is 4.98 Å². The SMILES string of the molecule is COCCOC1C(O)C(COC(c2ccccc2)(c2ccc(OC)cc2)c2ccc(OC)cc2)C(=O)C1n1cnc2c(=O)[nH]c(NC(=O)C(C)C)nc21. The summed E-state index contributed by atoms with van der Waals surface area (Å²) in [6, 6.07) is 23.4. The van der Waals surface area contributed by atoms with Crippen molar-refractivity contribution in [2.45, 2.75) is 37.7 Å². The van der Waals surface area contributed by atoms with Gasteiger partial charge < -0.3 is 33.4 Å². The van der Waals surface area contributed by atoms with Crippen molar-refractivity contribution in [2.24, 2.45) is 11.8 Å². The summed E-state index contributed by atoms with van der Waals surface area (Å²) in [6.45, 7) is 3.44. The zero-order chi connectivity index (χ0) is 37.7. The number of ether oxygens (including phenoxy) is 5. The van der Waals surface area contributed by atoms with Gasteiger partial charge >= 0.3 is 0 Å². The van der Waals surface area contributed by atoms with Gasteiger partial charge in [0.15, 0.2) is 16.9 Å². The normalized spacial score (nSPS) is 18.8. The number of aromatic nitrogens is 4. The maximum atomic E-state index is 14.6. The molecule has 14 nitrogen and oxygen atoms in total. The Kier molecular flexibility index (Phi) is 11.3. The number of H-pyrrole nitrogens is 1. The number of ketones is 1. The van der Waals surface area contributed by atoms with Gasteiger partial charge in [0.1, 0.15) is 29.2 Å². The van der Waals surface area contributed by atoms with Crippen LogP contribution in [-0.4, -0.2) is 89.7 Å². The Morgan fingerprint density at radius 2 is 1.51 bits per heavy atom. The summed E-state index contributed by atoms with van der Waals surface area (Å²) in [5.41, 5.74) is 0.396. The fraction of sp³-hybridized carbons (Fsp3) is 0.359. The lowest BCUT2D eigenvalue weighted by Crippen LogP contribution is -2.38. The summed E-state index contributed by atoms with van der Waals surface area (Å²) in [5.74, 6) is -1.05. The number of hydrogen-bond acceptors (Lipinski definition) is 11. The molecule has 2 aromatic heterocycles. The van der Waals surface area contributed by atoms with Gasteiger partial charge in [0.25, 0.3) is 5.56 Å². The lowest BCUT2D eigenvalue weighted by Gasteiger charge is -2.37. The van der Waals surface area contributed by atoms with Gasteiger partial charge in [0, 0.05) is 13.0 Å². The van der Waals surface area contributed by atoms with E-state index in [1.165, 1.54) is 18.0 Å². The lowest BCUT2D eigenvalue weighted by atomic mass is 9.79. The second-order valence-electron chi connectivity index (χ2n) is 13.0. The largest absolute Gasteiger partial charge is 0.497 e. The fourth-order valence-corrected chi connectivity index (χ4v) is 6.64. The minimum absolute atomic E-state index is 0.0374. The molecular weight excluding hydrogens is 682 g/mol. The average Bonchev–Trinajstić information content (AvgIpc) is 3.69. The Morgan fingerprint density at radius 3 is 2.08 bits per heavy atom. The Balaban J connectivity index is 1.43. The number of amides is 1. The first-order chi connectivity index (χ1) is 25.6. The van der Waals surface area contributed by atoms with Gasteiger partial charge in [-0.3, -0.25) is 24.7 Å². The number of methoxy groups -OCH3 is 3. The third kappa shape index (κ3) is 7.31. The number of aromatic amines is 1. The fourth-order valence-electron chi connectivity index (χ4n) is 6.64. The van der Waals surface area contributed by atoms with Crippen LogP contribution in [0.1, 0.15) is 36.6 Å². The van der Waals surface area contributed by atoms with Crippen molar-refractivity contribution < 1.29 is 38.4 Å². The van der Waals surface area contributed by atoms with Gasteiger partial charge in [0.2, 0.25) is 11.9 Å². The molecule has 278 valence electrons. The number of aliphatic hydroxyl groups excluding tert-OH is 1. The number of carbonyl (C=O) groups is 2. The van der Waals surface area contributed by atoms with Gasteiger partial charge in [-0.1, -0.05) is 68.4 Å². The van der Waals surface area contributed by atoms with Gasteiger partial charge in [-0.2, -0.15) is 4.98 Å². The molecule has 1 aliphatic carbocycles. The van der Waals surface area contributed by atoms with E-state index in [0.717, 1.165) is 16.7 Å². The van der Waals surface area contributed by atoms with E-state index in [0.29, 0.717) is 11.5 Å². The van der Waals surface area contributed by atoms with Crippen LogP contribution in [0, 0.1) is 11.8 Å². The van der Waals surface area contributed by atoms with Crippen LogP contribution in [0.15, 0.2) is 90.0 Å². The van der Waals surface area contributed by atoms with Crippen molar-refractivity contribution in [3.8, 4) is 11.5 Å². The van der Waals surface area contributed by atoms with Crippen molar-refractivity contribution >= 4 is 28.8 Å². The highest BCUT2D eigenvalue weighted by Gasteiger charge is 2.53. The monoisotopic (exact) mass is 725 g/mol. The molecule has 1 fully saturated rings. The van der Waals surface area contributed by atoms with Gasteiger partial charge in [0.05, 0.1) is 52.4 Å². The van der Waals surface area contributed by atoms with E-state index in [2.05, 4.69) is 20.3 Å². The van der Waals surface area contributed by atoms with Crippen LogP contribution in [0.25, 0.3) is 11.2 Å². The highest BCUT2D eigenvalue weighted by molar-refractivity contribution is 5.92. The quantitative estimate of drug-likeness (QED) is 0.106. The van der Waals surface area contributed by atoms with Gasteiger partial charge in [-0.15, -0.1) is 0 Å². The molecule has 0 bridgehead atoms. The second kappa shape index (κ2) is 16.1. The standard InChI is InChI=1S/C39H43N5O9/c1-23(2)36(47)42-38-41-35-30(37(48)43-38)40-22-44(35)31-32(45)29(33(46)34(31)52-20-19-49-3)21-53-39(24-9-7-6-8-10-24,25-11-15-27(50-4)16-12-25)26-13-17-28(51-5)18-14-26/h6-18,22-23,29,31,33-34,46H,19-21H2,1-5H3,(H2,41,42,43,47,48). The molecule has 0 spiro atoms. The maximum absolute atomic E-state index is 14.6. The first kappa shape index (κ1) is 37.4. The number of nitrogens with one attached hydrogen (secondary N) is 2. The minimum atomic E-state index is -1.34. The zero-order valence-corrected chi connectivity index (χ0v) is 30.1. The van der Waals surface area contributed by atoms with Crippen molar-refractivity contribution in [3.05, 3.63) is 112 Å². The summed E-state index contributed by atoms with van der Waals surface area (Å²) >= 11 is 0. The molecule has 0 radical (unpaired) electrons. The van der Waals surface area contributed by atoms with Crippen LogP contribution in [0.3, 0.4) is 0 Å². The topological polar surface area (TPSA) is 176 Å². The van der Waals surface area contributed by atoms with Crippen LogP contribution in [0.5, 0.6) is 11.5 Å². The number of rotatable bonds is 15. The highest BCUT2D eigenvalue weighted by Crippen LogP contribution is 2.44. The number of hydrogen-bond donors (Lipinski definition) is 3. The smallest absolute Gasteiger partial charge is 0.280 e. The molecule has 4 unspecified atom stereocenters. The highest BCUT2D eigenvalue weighted by atomic mass is 16.5. The molecule has 3 aromatic carbocycles. The Labute approximate surface area is 306 Å². The Morgan fingerprint density at radius 1 is 0.906 bits per heavy atom. The average molecular weight is 726 g/mol. The summed E-state index contributed by atoms with van der Waals surface area (Å²) < 4.78 is 30.6. The van der Waals surface area contributed by atoms with E-state index >= 15 is 0 Å². The predicted molar refractivity (Wildman–Crippen MR) is 195 cm³/mol. The second-order valence-corrected chi connectivity index (χ2v) is 13.0. The van der Waals surface area contributed by atoms with Crippen molar-refractivity contribution in [1.82, 2.24) is 19.5 Å². The number of imidazole rings is 1. The van der Waals surface area contributed by atoms with Crippen LogP contribution in [-0.2, 0) is 29.4 Å². The predicted octanol–water partition coefficient (Wildman–Crippen LogP) is 3.87. The van der Waals surface area contributed by atoms with E-state index < -0.39 is 41.1 Å². The first-order valence-corrected chi connectivity index (χ1v) is 17.2. The number of carbonyl (C=O) groups excluding carboxylic acids is 2. The summed E-state index contributed by atoms with van der Waals surface area (Å²) in [6.07, 6.45) is -1.12. The number of anilines is 1. The van der Waals surface area contributed by atoms with E-state index in [-0.39, 0.29) is 48.8 Å². The molecule has 6 rings (SSSR count). The summed E-state index contributed by atoms with van der Waals surface area (Å²) in [5, 5.41) is 14.5. The zero-order valence-electron chi connectivity index (χ0n) is 30.1. The van der Waals surface area contributed by atoms with Crippen molar-refractivity contribution in [1.29, 1.82) is 0 Å². The van der Waals surface area contributed by atoms with Gasteiger partial charge in [-0.05, 0) is 41.0 Å². The molecule has 1 saturated carbocycles. The van der Waals surface area contributed by atoms with Crippen molar-refractivity contribution in [2.75, 3.05) is 46.5 Å². The first-order valence-electron chi connectivity index (χ1n) is 17.2. The molecule has 4 atom stereocenters. The van der Waals surface area contributed by atoms with E-state index in [9.17, 15) is 19.5 Å². The van der Waals surface area contributed by atoms with E-state index in [1.807, 2.05) is 78.9 Å². The third-order valence-electron chi connectivity index (χ3n) is 9.47. The Hall–Kier alpha value is -5.41. The number of nitrogens with zero attached hydrogens (tertiary/aromatic N) is 3. The minimum Gasteiger partial charge on any atom is -0.497 e.